The van der Waals surface area contributed by atoms with E-state index in [2.05, 4.69) is 16.4 Å². The van der Waals surface area contributed by atoms with Crippen molar-refractivity contribution in [1.82, 2.24) is 9.80 Å². The number of rotatable bonds is 6. The molecule has 22 heavy (non-hydrogen) atoms. The van der Waals surface area contributed by atoms with Gasteiger partial charge in [-0.2, -0.15) is 0 Å². The Morgan fingerprint density at radius 2 is 2.00 bits per heavy atom. The van der Waals surface area contributed by atoms with Crippen LogP contribution in [0.25, 0.3) is 0 Å². The van der Waals surface area contributed by atoms with Crippen molar-refractivity contribution in [3.63, 3.8) is 0 Å². The van der Waals surface area contributed by atoms with Crippen molar-refractivity contribution in [2.75, 3.05) is 26.2 Å². The Labute approximate surface area is 132 Å². The van der Waals surface area contributed by atoms with E-state index in [4.69, 9.17) is 0 Å². The maximum Gasteiger partial charge on any atom is 0.274 e. The first-order valence-electron chi connectivity index (χ1n) is 8.12. The Bertz CT molecular complexity index is 442. The summed E-state index contributed by atoms with van der Waals surface area (Å²) < 4.78 is 0. The average Bonchev–Trinajstić information content (AvgIpc) is 2.98. The Hall–Kier alpha value is -1.56. The van der Waals surface area contributed by atoms with Crippen LogP contribution in [-0.2, 0) is 0 Å². The van der Waals surface area contributed by atoms with Gasteiger partial charge in [-0.1, -0.05) is 6.08 Å². The molecule has 6 nitrogen and oxygen atoms in total. The Morgan fingerprint density at radius 3 is 2.59 bits per heavy atom. The van der Waals surface area contributed by atoms with Gasteiger partial charge in [-0.05, 0) is 39.0 Å². The van der Waals surface area contributed by atoms with Gasteiger partial charge < -0.3 is 14.9 Å². The number of hydrogen-bond acceptors (Lipinski definition) is 5. The summed E-state index contributed by atoms with van der Waals surface area (Å²) in [7, 11) is 0. The predicted octanol–water partition coefficient (Wildman–Crippen LogP) is 2.20. The van der Waals surface area contributed by atoms with Gasteiger partial charge in [0.05, 0.1) is 10.5 Å². The van der Waals surface area contributed by atoms with Gasteiger partial charge in [-0.25, -0.2) is 0 Å². The minimum atomic E-state index is -0.800. The Kier molecular flexibility index (Phi) is 5.45. The molecule has 0 spiro atoms. The van der Waals surface area contributed by atoms with Gasteiger partial charge in [0.25, 0.3) is 6.20 Å². The van der Waals surface area contributed by atoms with Crippen LogP contribution in [0, 0.1) is 16.0 Å². The highest BCUT2D eigenvalue weighted by molar-refractivity contribution is 5.03. The molecule has 124 valence electrons. The lowest BCUT2D eigenvalue weighted by atomic mass is 9.81. The Morgan fingerprint density at radius 1 is 1.36 bits per heavy atom. The molecule has 0 radical (unpaired) electrons. The van der Waals surface area contributed by atoms with E-state index in [-0.39, 0.29) is 10.8 Å². The highest BCUT2D eigenvalue weighted by Gasteiger charge is 2.36. The van der Waals surface area contributed by atoms with Crippen molar-refractivity contribution >= 4 is 0 Å². The zero-order chi connectivity index (χ0) is 16.2. The summed E-state index contributed by atoms with van der Waals surface area (Å²) in [6.07, 6.45) is 7.48. The molecule has 0 aromatic rings. The Balaban J connectivity index is 2.14. The maximum atomic E-state index is 11.0. The van der Waals surface area contributed by atoms with Crippen LogP contribution >= 0.6 is 0 Å². The third-order valence-electron chi connectivity index (χ3n) is 4.83. The summed E-state index contributed by atoms with van der Waals surface area (Å²) >= 11 is 0. The summed E-state index contributed by atoms with van der Waals surface area (Å²) in [6.45, 7) is 8.80. The zero-order valence-electron chi connectivity index (χ0n) is 13.4. The average molecular weight is 309 g/mol. The van der Waals surface area contributed by atoms with Gasteiger partial charge in [0.1, 0.15) is 0 Å². The van der Waals surface area contributed by atoms with Crippen molar-refractivity contribution < 1.29 is 10.0 Å². The van der Waals surface area contributed by atoms with Gasteiger partial charge in [-0.3, -0.25) is 10.1 Å². The molecule has 0 amide bonds. The van der Waals surface area contributed by atoms with Gasteiger partial charge in [0.15, 0.2) is 5.82 Å². The first kappa shape index (κ1) is 16.8. The van der Waals surface area contributed by atoms with Crippen molar-refractivity contribution in [3.8, 4) is 0 Å². The van der Waals surface area contributed by atoms with Crippen LogP contribution in [0.4, 0.5) is 0 Å². The van der Waals surface area contributed by atoms with E-state index in [0.29, 0.717) is 18.8 Å². The van der Waals surface area contributed by atoms with Crippen LogP contribution in [0.3, 0.4) is 0 Å². The number of piperidine rings is 1. The van der Waals surface area contributed by atoms with Crippen LogP contribution < -0.4 is 0 Å². The van der Waals surface area contributed by atoms with Crippen LogP contribution in [-0.4, -0.2) is 51.6 Å². The molecule has 2 saturated heterocycles. The lowest BCUT2D eigenvalue weighted by Crippen LogP contribution is -2.48. The number of nitrogens with zero attached hydrogens (tertiary/aromatic N) is 3. The smallest absolute Gasteiger partial charge is 0.274 e. The van der Waals surface area contributed by atoms with Crippen molar-refractivity contribution in [1.29, 1.82) is 0 Å². The molecule has 2 atom stereocenters. The lowest BCUT2D eigenvalue weighted by molar-refractivity contribution is -0.405. The van der Waals surface area contributed by atoms with Gasteiger partial charge >= 0.3 is 0 Å². The number of nitro groups is 1. The fourth-order valence-corrected chi connectivity index (χ4v) is 3.56. The summed E-state index contributed by atoms with van der Waals surface area (Å²) in [6, 6.07) is 0. The molecule has 0 saturated carbocycles. The molecule has 2 heterocycles. The molecular formula is C16H27N3O3. The molecule has 2 rings (SSSR count). The summed E-state index contributed by atoms with van der Waals surface area (Å²) in [5.74, 6) is 0.818. The quantitative estimate of drug-likeness (QED) is 0.463. The van der Waals surface area contributed by atoms with E-state index in [1.807, 2.05) is 6.92 Å². The second-order valence-electron chi connectivity index (χ2n) is 6.60. The van der Waals surface area contributed by atoms with Crippen molar-refractivity contribution in [3.05, 3.63) is 34.8 Å². The highest BCUT2D eigenvalue weighted by atomic mass is 16.6. The van der Waals surface area contributed by atoms with E-state index in [9.17, 15) is 15.2 Å². The molecule has 0 aromatic carbocycles. The normalized spacial score (nSPS) is 25.9. The molecule has 0 bridgehead atoms. The SMILES string of the molecule is C=CCC(C)(O)C1CCCN(/C(=C/[N+](=O)[O-])N2CCCC2)C1. The second kappa shape index (κ2) is 7.13. The molecule has 0 aliphatic carbocycles. The predicted molar refractivity (Wildman–Crippen MR) is 85.6 cm³/mol. The minimum Gasteiger partial charge on any atom is -0.389 e. The van der Waals surface area contributed by atoms with E-state index in [1.165, 1.54) is 0 Å². The van der Waals surface area contributed by atoms with Gasteiger partial charge in [0, 0.05) is 32.1 Å². The largest absolute Gasteiger partial charge is 0.389 e. The number of aliphatic hydroxyl groups is 1. The first-order chi connectivity index (χ1) is 10.4. The standard InChI is InChI=1S/C16H27N3O3/c1-3-8-16(2,20)14-7-6-11-18(12-14)15(13-19(21)22)17-9-4-5-10-17/h3,13-14,20H,1,4-12H2,2H3/b15-13+. The molecule has 2 unspecified atom stereocenters. The minimum absolute atomic E-state index is 0.108. The topological polar surface area (TPSA) is 69.8 Å². The van der Waals surface area contributed by atoms with E-state index < -0.39 is 5.60 Å². The van der Waals surface area contributed by atoms with Gasteiger partial charge in [-0.15, -0.1) is 6.58 Å². The summed E-state index contributed by atoms with van der Waals surface area (Å²) in [4.78, 5) is 14.8. The van der Waals surface area contributed by atoms with Crippen molar-refractivity contribution in [2.45, 2.75) is 44.6 Å². The fraction of sp³-hybridized carbons (Fsp3) is 0.750. The third-order valence-corrected chi connectivity index (χ3v) is 4.83. The maximum absolute atomic E-state index is 11.0. The molecule has 2 aliphatic heterocycles. The van der Waals surface area contributed by atoms with Crippen LogP contribution in [0.1, 0.15) is 39.0 Å². The summed E-state index contributed by atoms with van der Waals surface area (Å²) in [5.41, 5.74) is -0.800. The van der Waals surface area contributed by atoms with Gasteiger partial charge in [0.2, 0.25) is 0 Å². The summed E-state index contributed by atoms with van der Waals surface area (Å²) in [5, 5.41) is 21.6. The van der Waals surface area contributed by atoms with E-state index in [1.54, 1.807) is 6.08 Å². The fourth-order valence-electron chi connectivity index (χ4n) is 3.56. The third kappa shape index (κ3) is 4.00. The molecule has 6 heteroatoms. The van der Waals surface area contributed by atoms with Crippen LogP contribution in [0.2, 0.25) is 0 Å². The number of hydrogen-bond donors (Lipinski definition) is 1. The molecule has 0 aromatic heterocycles. The monoisotopic (exact) mass is 309 g/mol. The van der Waals surface area contributed by atoms with E-state index in [0.717, 1.165) is 51.5 Å². The zero-order valence-corrected chi connectivity index (χ0v) is 13.4. The lowest BCUT2D eigenvalue weighted by Gasteiger charge is -2.42. The van der Waals surface area contributed by atoms with E-state index >= 15 is 0 Å². The van der Waals surface area contributed by atoms with Crippen molar-refractivity contribution in [2.24, 2.45) is 5.92 Å². The first-order valence-corrected chi connectivity index (χ1v) is 8.12. The van der Waals surface area contributed by atoms with Crippen LogP contribution in [0.5, 0.6) is 0 Å². The number of likely N-dealkylation sites (tertiary alicyclic amines) is 2. The second-order valence-corrected chi connectivity index (χ2v) is 6.60. The van der Waals surface area contributed by atoms with Crippen LogP contribution in [0.15, 0.2) is 24.7 Å². The highest BCUT2D eigenvalue weighted by Crippen LogP contribution is 2.32. The molecule has 2 aliphatic rings. The molecule has 1 N–H and O–H groups in total. The molecule has 2 fully saturated rings. The molecular weight excluding hydrogens is 282 g/mol.